The largest absolute Gasteiger partial charge is 0.324 e. The van der Waals surface area contributed by atoms with Crippen LogP contribution in [-0.4, -0.2) is 26.4 Å². The van der Waals surface area contributed by atoms with Crippen molar-refractivity contribution in [2.24, 2.45) is 0 Å². The van der Waals surface area contributed by atoms with Crippen LogP contribution in [0.3, 0.4) is 0 Å². The summed E-state index contributed by atoms with van der Waals surface area (Å²) in [5, 5.41) is 13.8. The van der Waals surface area contributed by atoms with Crippen molar-refractivity contribution in [1.29, 1.82) is 0 Å². The smallest absolute Gasteiger partial charge is 0.234 e. The van der Waals surface area contributed by atoms with Gasteiger partial charge in [0.1, 0.15) is 0 Å². The summed E-state index contributed by atoms with van der Waals surface area (Å²) in [6.07, 6.45) is 0. The van der Waals surface area contributed by atoms with E-state index in [9.17, 15) is 4.79 Å². The number of amides is 1. The minimum atomic E-state index is -0.197. The Labute approximate surface area is 198 Å². The van der Waals surface area contributed by atoms with E-state index in [0.29, 0.717) is 31.7 Å². The second kappa shape index (κ2) is 9.75. The van der Waals surface area contributed by atoms with E-state index < -0.39 is 0 Å². The molecule has 0 spiro atoms. The third-order valence-electron chi connectivity index (χ3n) is 4.30. The van der Waals surface area contributed by atoms with Crippen LogP contribution in [0.5, 0.6) is 0 Å². The number of carbonyl (C=O) groups excluding carboxylic acids is 1. The molecule has 31 heavy (non-hydrogen) atoms. The molecule has 0 aliphatic carbocycles. The minimum absolute atomic E-state index is 0.136. The first-order valence-corrected chi connectivity index (χ1v) is 11.3. The van der Waals surface area contributed by atoms with Gasteiger partial charge >= 0.3 is 0 Å². The Balaban J connectivity index is 1.61. The topological polar surface area (TPSA) is 59.8 Å². The van der Waals surface area contributed by atoms with Crippen LogP contribution in [0.1, 0.15) is 0 Å². The summed E-state index contributed by atoms with van der Waals surface area (Å²) in [5.74, 6) is 0.571. The summed E-state index contributed by atoms with van der Waals surface area (Å²) < 4.78 is 1.88. The molecule has 0 unspecified atom stereocenters. The third-order valence-corrected chi connectivity index (χ3v) is 6.06. The molecule has 0 radical (unpaired) electrons. The number of hydrogen-bond donors (Lipinski definition) is 1. The molecule has 0 saturated carbocycles. The van der Waals surface area contributed by atoms with E-state index in [1.54, 1.807) is 42.5 Å². The zero-order chi connectivity index (χ0) is 21.8. The number of para-hydroxylation sites is 1. The van der Waals surface area contributed by atoms with Gasteiger partial charge in [-0.2, -0.15) is 0 Å². The Morgan fingerprint density at radius 2 is 1.52 bits per heavy atom. The lowest BCUT2D eigenvalue weighted by Crippen LogP contribution is -2.14. The van der Waals surface area contributed by atoms with Crippen molar-refractivity contribution in [3.8, 4) is 17.1 Å². The molecule has 1 heterocycles. The molecule has 4 aromatic rings. The van der Waals surface area contributed by atoms with E-state index in [1.807, 2.05) is 34.9 Å². The predicted molar refractivity (Wildman–Crippen MR) is 128 cm³/mol. The Kier molecular flexibility index (Phi) is 6.83. The predicted octanol–water partition coefficient (Wildman–Crippen LogP) is 6.63. The van der Waals surface area contributed by atoms with E-state index >= 15 is 0 Å². The van der Waals surface area contributed by atoms with E-state index in [1.165, 1.54) is 11.8 Å². The number of nitrogens with zero attached hydrogens (tertiary/aromatic N) is 3. The number of anilines is 1. The van der Waals surface area contributed by atoms with Gasteiger partial charge in [-0.15, -0.1) is 10.2 Å². The van der Waals surface area contributed by atoms with Crippen LogP contribution in [0, 0.1) is 0 Å². The van der Waals surface area contributed by atoms with Crippen molar-refractivity contribution in [2.75, 3.05) is 11.1 Å². The molecule has 0 atom stereocenters. The molecule has 1 aromatic heterocycles. The van der Waals surface area contributed by atoms with Crippen molar-refractivity contribution in [2.45, 2.75) is 5.16 Å². The second-order valence-electron chi connectivity index (χ2n) is 6.44. The molecule has 0 saturated heterocycles. The van der Waals surface area contributed by atoms with Crippen LogP contribution in [0.4, 0.5) is 5.69 Å². The molecule has 0 aliphatic rings. The fourth-order valence-electron chi connectivity index (χ4n) is 2.85. The summed E-state index contributed by atoms with van der Waals surface area (Å²) in [5.41, 5.74) is 2.24. The average Bonchev–Trinajstić information content (AvgIpc) is 3.19. The van der Waals surface area contributed by atoms with E-state index in [2.05, 4.69) is 15.5 Å². The zero-order valence-electron chi connectivity index (χ0n) is 15.9. The Morgan fingerprint density at radius 1 is 0.871 bits per heavy atom. The fourth-order valence-corrected chi connectivity index (χ4v) is 4.04. The lowest BCUT2D eigenvalue weighted by molar-refractivity contribution is -0.113. The van der Waals surface area contributed by atoms with E-state index in [4.69, 9.17) is 34.8 Å². The summed E-state index contributed by atoms with van der Waals surface area (Å²) in [6, 6.07) is 21.8. The first-order chi connectivity index (χ1) is 15.0. The number of nitrogens with one attached hydrogen (secondary N) is 1. The van der Waals surface area contributed by atoms with Crippen LogP contribution < -0.4 is 5.32 Å². The van der Waals surface area contributed by atoms with Crippen LogP contribution in [0.15, 0.2) is 78.0 Å². The highest BCUT2D eigenvalue weighted by molar-refractivity contribution is 7.99. The lowest BCUT2D eigenvalue weighted by Gasteiger charge is -2.11. The quantitative estimate of drug-likeness (QED) is 0.309. The molecule has 0 aliphatic heterocycles. The molecule has 1 amide bonds. The molecule has 5 nitrogen and oxygen atoms in total. The third kappa shape index (κ3) is 5.22. The molecule has 9 heteroatoms. The summed E-state index contributed by atoms with van der Waals surface area (Å²) >= 11 is 19.5. The van der Waals surface area contributed by atoms with Gasteiger partial charge in [-0.05, 0) is 60.7 Å². The van der Waals surface area contributed by atoms with Crippen LogP contribution >= 0.6 is 46.6 Å². The molecule has 0 bridgehead atoms. The van der Waals surface area contributed by atoms with Gasteiger partial charge in [-0.25, -0.2) is 0 Å². The van der Waals surface area contributed by atoms with Gasteiger partial charge in [-0.3, -0.25) is 9.36 Å². The van der Waals surface area contributed by atoms with Gasteiger partial charge < -0.3 is 5.32 Å². The Bertz CT molecular complexity index is 1210. The standard InChI is InChI=1S/C22H15Cl3N4OS/c23-15-7-5-14(6-8-15)21-27-28-22(29(21)17-11-9-16(24)10-12-17)31-13-20(30)26-19-4-2-1-3-18(19)25/h1-12H,13H2,(H,26,30). The maximum Gasteiger partial charge on any atom is 0.234 e. The molecular weight excluding hydrogens is 475 g/mol. The number of aromatic nitrogens is 3. The first-order valence-electron chi connectivity index (χ1n) is 9.16. The Morgan fingerprint density at radius 3 is 2.19 bits per heavy atom. The van der Waals surface area contributed by atoms with E-state index in [-0.39, 0.29) is 11.7 Å². The highest BCUT2D eigenvalue weighted by Crippen LogP contribution is 2.29. The van der Waals surface area contributed by atoms with Gasteiger partial charge in [0.2, 0.25) is 5.91 Å². The lowest BCUT2D eigenvalue weighted by atomic mass is 10.2. The van der Waals surface area contributed by atoms with Crippen molar-refractivity contribution >= 4 is 58.2 Å². The number of rotatable bonds is 6. The molecule has 3 aromatic carbocycles. The molecule has 4 rings (SSSR count). The summed E-state index contributed by atoms with van der Waals surface area (Å²) in [7, 11) is 0. The van der Waals surface area contributed by atoms with Crippen molar-refractivity contribution in [3.05, 3.63) is 87.9 Å². The summed E-state index contributed by atoms with van der Waals surface area (Å²) in [6.45, 7) is 0. The average molecular weight is 490 g/mol. The van der Waals surface area contributed by atoms with Gasteiger partial charge in [0.25, 0.3) is 0 Å². The normalized spacial score (nSPS) is 10.8. The number of benzene rings is 3. The highest BCUT2D eigenvalue weighted by atomic mass is 35.5. The zero-order valence-corrected chi connectivity index (χ0v) is 19.0. The van der Waals surface area contributed by atoms with Crippen molar-refractivity contribution in [1.82, 2.24) is 14.8 Å². The van der Waals surface area contributed by atoms with Gasteiger partial charge in [0.15, 0.2) is 11.0 Å². The van der Waals surface area contributed by atoms with Crippen molar-refractivity contribution < 1.29 is 4.79 Å². The minimum Gasteiger partial charge on any atom is -0.324 e. The number of carbonyl (C=O) groups is 1. The maximum absolute atomic E-state index is 12.5. The fraction of sp³-hybridized carbons (Fsp3) is 0.0455. The SMILES string of the molecule is O=C(CSc1nnc(-c2ccc(Cl)cc2)n1-c1ccc(Cl)cc1)Nc1ccccc1Cl. The van der Waals surface area contributed by atoms with Gasteiger partial charge in [0, 0.05) is 21.3 Å². The number of hydrogen-bond acceptors (Lipinski definition) is 4. The van der Waals surface area contributed by atoms with Crippen LogP contribution in [0.25, 0.3) is 17.1 Å². The van der Waals surface area contributed by atoms with Gasteiger partial charge in [0.05, 0.1) is 16.5 Å². The summed E-state index contributed by atoms with van der Waals surface area (Å²) in [4.78, 5) is 12.5. The molecule has 156 valence electrons. The van der Waals surface area contributed by atoms with Crippen LogP contribution in [-0.2, 0) is 4.79 Å². The number of thioether (sulfide) groups is 1. The van der Waals surface area contributed by atoms with Crippen molar-refractivity contribution in [3.63, 3.8) is 0 Å². The molecule has 0 fully saturated rings. The second-order valence-corrected chi connectivity index (χ2v) is 8.66. The highest BCUT2D eigenvalue weighted by Gasteiger charge is 2.17. The van der Waals surface area contributed by atoms with Gasteiger partial charge in [-0.1, -0.05) is 58.7 Å². The maximum atomic E-state index is 12.5. The van der Waals surface area contributed by atoms with Crippen LogP contribution in [0.2, 0.25) is 15.1 Å². The monoisotopic (exact) mass is 488 g/mol. The Hall–Kier alpha value is -2.51. The number of halogens is 3. The molecule has 1 N–H and O–H groups in total. The molecular formula is C22H15Cl3N4OS. The van der Waals surface area contributed by atoms with E-state index in [0.717, 1.165) is 11.3 Å². The first kappa shape index (κ1) is 21.7.